The molecule has 1 heterocycles. The monoisotopic (exact) mass is 579 g/mol. The van der Waals surface area contributed by atoms with E-state index < -0.39 is 53.5 Å². The molecule has 2 rings (SSSR count). The second-order valence-corrected chi connectivity index (χ2v) is 13.9. The van der Waals surface area contributed by atoms with Crippen LogP contribution in [0.3, 0.4) is 0 Å². The number of hydrogen-bond donors (Lipinski definition) is 1. The normalized spacial score (nSPS) is 16.6. The summed E-state index contributed by atoms with van der Waals surface area (Å²) in [6.07, 6.45) is -2.29. The van der Waals surface area contributed by atoms with Crippen molar-refractivity contribution < 1.29 is 47.4 Å². The van der Waals surface area contributed by atoms with Gasteiger partial charge in [0.25, 0.3) is 0 Å². The second-order valence-electron chi connectivity index (χ2n) is 13.9. The van der Waals surface area contributed by atoms with E-state index in [1.807, 2.05) is 27.7 Å². The third kappa shape index (κ3) is 10.7. The third-order valence-corrected chi connectivity index (χ3v) is 5.94. The lowest BCUT2D eigenvalue weighted by atomic mass is 9.75. The maximum absolute atomic E-state index is 12.6. The SMILES string of the molecule is CC(C)(C)OC(=O)NCCc1cc(OC(=O)OC(C)(C)C)c(OC(=O)OC(C)(C)C)cc1B1OC(C)(C)C(C)(C)O1. The molecule has 0 saturated carbocycles. The molecule has 1 aromatic rings. The zero-order valence-corrected chi connectivity index (χ0v) is 26.7. The highest BCUT2D eigenvalue weighted by molar-refractivity contribution is 6.62. The molecule has 12 heteroatoms. The Balaban J connectivity index is 2.53. The summed E-state index contributed by atoms with van der Waals surface area (Å²) in [6.45, 7) is 23.3. The predicted octanol–water partition coefficient (Wildman–Crippen LogP) is 5.68. The van der Waals surface area contributed by atoms with Gasteiger partial charge in [0.05, 0.1) is 11.2 Å². The Labute approximate surface area is 244 Å². The lowest BCUT2D eigenvalue weighted by molar-refractivity contribution is 0.00578. The van der Waals surface area contributed by atoms with E-state index in [-0.39, 0.29) is 24.5 Å². The molecule has 1 fully saturated rings. The molecule has 1 aromatic carbocycles. The first-order valence-corrected chi connectivity index (χ1v) is 13.7. The first-order valence-electron chi connectivity index (χ1n) is 13.7. The van der Waals surface area contributed by atoms with Crippen molar-refractivity contribution in [2.45, 2.75) is 124 Å². The summed E-state index contributed by atoms with van der Waals surface area (Å²) in [5.41, 5.74) is -2.52. The molecule has 41 heavy (non-hydrogen) atoms. The summed E-state index contributed by atoms with van der Waals surface area (Å²) in [5.74, 6) is -0.184. The van der Waals surface area contributed by atoms with Crippen molar-refractivity contribution in [1.82, 2.24) is 5.32 Å². The lowest BCUT2D eigenvalue weighted by Gasteiger charge is -2.32. The topological polar surface area (TPSA) is 128 Å². The number of carbonyl (C=O) groups excluding carboxylic acids is 3. The van der Waals surface area contributed by atoms with Gasteiger partial charge in [-0.05, 0) is 120 Å². The molecule has 1 aliphatic heterocycles. The first kappa shape index (κ1) is 34.2. The number of benzene rings is 1. The van der Waals surface area contributed by atoms with Crippen molar-refractivity contribution in [3.05, 3.63) is 17.7 Å². The summed E-state index contributed by atoms with van der Waals surface area (Å²) < 4.78 is 39.5. The number of rotatable bonds is 6. The molecule has 0 radical (unpaired) electrons. The van der Waals surface area contributed by atoms with Crippen molar-refractivity contribution >= 4 is 31.0 Å². The van der Waals surface area contributed by atoms with E-state index in [1.54, 1.807) is 62.3 Å². The molecule has 1 N–H and O–H groups in total. The molecule has 0 aliphatic carbocycles. The van der Waals surface area contributed by atoms with Crippen LogP contribution < -0.4 is 20.3 Å². The van der Waals surface area contributed by atoms with Gasteiger partial charge in [0.15, 0.2) is 11.5 Å². The predicted molar refractivity (Wildman–Crippen MR) is 154 cm³/mol. The van der Waals surface area contributed by atoms with Crippen LogP contribution in [0.2, 0.25) is 0 Å². The van der Waals surface area contributed by atoms with Crippen LogP contribution >= 0.6 is 0 Å². The van der Waals surface area contributed by atoms with Gasteiger partial charge in [-0.25, -0.2) is 14.4 Å². The Hall–Kier alpha value is -2.99. The van der Waals surface area contributed by atoms with E-state index in [9.17, 15) is 14.4 Å². The molecule has 1 aliphatic rings. The molecule has 1 amide bonds. The summed E-state index contributed by atoms with van der Waals surface area (Å²) >= 11 is 0. The fraction of sp³-hybridized carbons (Fsp3) is 0.690. The number of carbonyl (C=O) groups is 3. The first-order chi connectivity index (χ1) is 18.4. The minimum absolute atomic E-state index is 0.0855. The largest absolute Gasteiger partial charge is 0.514 e. The van der Waals surface area contributed by atoms with Gasteiger partial charge in [0.2, 0.25) is 0 Å². The highest BCUT2D eigenvalue weighted by Crippen LogP contribution is 2.38. The van der Waals surface area contributed by atoms with E-state index in [0.29, 0.717) is 11.0 Å². The van der Waals surface area contributed by atoms with Crippen LogP contribution in [0.4, 0.5) is 14.4 Å². The fourth-order valence-electron chi connectivity index (χ4n) is 3.52. The number of alkyl carbamates (subject to hydrolysis) is 1. The maximum atomic E-state index is 12.6. The maximum Gasteiger partial charge on any atom is 0.514 e. The Morgan fingerprint density at radius 1 is 0.732 bits per heavy atom. The van der Waals surface area contributed by atoms with Gasteiger partial charge in [-0.3, -0.25) is 0 Å². The zero-order chi connectivity index (χ0) is 31.6. The van der Waals surface area contributed by atoms with Crippen LogP contribution in [-0.4, -0.2) is 60.1 Å². The molecular formula is C29H46BNO10. The lowest BCUT2D eigenvalue weighted by Crippen LogP contribution is -2.41. The Bertz CT molecular complexity index is 1110. The Morgan fingerprint density at radius 3 is 1.56 bits per heavy atom. The van der Waals surface area contributed by atoms with Crippen molar-refractivity contribution in [3.8, 4) is 11.5 Å². The molecule has 0 atom stereocenters. The van der Waals surface area contributed by atoms with Crippen LogP contribution in [0, 0.1) is 0 Å². The van der Waals surface area contributed by atoms with Gasteiger partial charge in [-0.1, -0.05) is 0 Å². The van der Waals surface area contributed by atoms with E-state index >= 15 is 0 Å². The fourth-order valence-corrected chi connectivity index (χ4v) is 3.52. The number of nitrogens with one attached hydrogen (secondary N) is 1. The van der Waals surface area contributed by atoms with Gasteiger partial charge >= 0.3 is 25.5 Å². The molecule has 0 bridgehead atoms. The highest BCUT2D eigenvalue weighted by Gasteiger charge is 2.52. The molecule has 11 nitrogen and oxygen atoms in total. The molecular weight excluding hydrogens is 533 g/mol. The minimum Gasteiger partial charge on any atom is -0.444 e. The van der Waals surface area contributed by atoms with E-state index in [2.05, 4.69) is 5.32 Å². The van der Waals surface area contributed by atoms with Gasteiger partial charge in [0, 0.05) is 6.54 Å². The number of amides is 1. The summed E-state index contributed by atoms with van der Waals surface area (Å²) in [6, 6.07) is 3.04. The average Bonchev–Trinajstić information content (AvgIpc) is 2.92. The quantitative estimate of drug-likeness (QED) is 0.195. The zero-order valence-electron chi connectivity index (χ0n) is 26.7. The van der Waals surface area contributed by atoms with Gasteiger partial charge in [0.1, 0.15) is 16.8 Å². The Kier molecular flexibility index (Phi) is 10.1. The van der Waals surface area contributed by atoms with Crippen molar-refractivity contribution in [2.75, 3.05) is 6.54 Å². The van der Waals surface area contributed by atoms with Gasteiger partial charge in [-0.15, -0.1) is 0 Å². The smallest absolute Gasteiger partial charge is 0.444 e. The molecule has 0 unspecified atom stereocenters. The van der Waals surface area contributed by atoms with Crippen LogP contribution in [0.15, 0.2) is 12.1 Å². The summed E-state index contributed by atoms with van der Waals surface area (Å²) in [5, 5.41) is 2.72. The van der Waals surface area contributed by atoms with Crippen LogP contribution in [0.1, 0.15) is 95.6 Å². The Morgan fingerprint density at radius 2 is 1.15 bits per heavy atom. The van der Waals surface area contributed by atoms with Crippen molar-refractivity contribution in [3.63, 3.8) is 0 Å². The average molecular weight is 579 g/mol. The standard InChI is InChI=1S/C29H46BNO10/c1-25(2,3)37-22(32)31-15-14-18-16-20(35-23(33)38-26(4,5)6)21(36-24(34)39-27(7,8)9)17-19(18)30-40-28(10,11)29(12,13)41-30/h16-17H,14-15H2,1-13H3,(H,31,32). The van der Waals surface area contributed by atoms with Gasteiger partial charge < -0.3 is 38.3 Å². The second kappa shape index (κ2) is 12.1. The number of hydrogen-bond acceptors (Lipinski definition) is 10. The molecule has 1 saturated heterocycles. The van der Waals surface area contributed by atoms with E-state index in [4.69, 9.17) is 33.0 Å². The third-order valence-electron chi connectivity index (χ3n) is 5.94. The van der Waals surface area contributed by atoms with E-state index in [1.165, 1.54) is 12.1 Å². The van der Waals surface area contributed by atoms with Crippen LogP contribution in [0.5, 0.6) is 11.5 Å². The van der Waals surface area contributed by atoms with E-state index in [0.717, 1.165) is 0 Å². The van der Waals surface area contributed by atoms with Crippen molar-refractivity contribution in [2.24, 2.45) is 0 Å². The van der Waals surface area contributed by atoms with Crippen LogP contribution in [0.25, 0.3) is 0 Å². The summed E-state index contributed by atoms with van der Waals surface area (Å²) in [7, 11) is -0.854. The van der Waals surface area contributed by atoms with Gasteiger partial charge in [-0.2, -0.15) is 0 Å². The summed E-state index contributed by atoms with van der Waals surface area (Å²) in [4.78, 5) is 37.5. The molecule has 0 aromatic heterocycles. The van der Waals surface area contributed by atoms with Crippen molar-refractivity contribution in [1.29, 1.82) is 0 Å². The highest BCUT2D eigenvalue weighted by atomic mass is 16.8. The molecule has 230 valence electrons. The number of ether oxygens (including phenoxy) is 5. The molecule has 0 spiro atoms. The van der Waals surface area contributed by atoms with Crippen LogP contribution in [-0.2, 0) is 29.9 Å². The minimum atomic E-state index is -0.995.